The molecule has 0 bridgehead atoms. The first-order chi connectivity index (χ1) is 12.2. The topological polar surface area (TPSA) is 92.8 Å². The molecular weight excluding hydrogens is 444 g/mol. The second-order valence-corrected chi connectivity index (χ2v) is 9.92. The van der Waals surface area contributed by atoms with E-state index >= 15 is 0 Å². The first kappa shape index (κ1) is 21.2. The maximum Gasteiger partial charge on any atom is 0.339 e. The molecule has 0 aliphatic carbocycles. The highest BCUT2D eigenvalue weighted by Gasteiger charge is 2.40. The number of thioether (sulfide) groups is 1. The molecule has 1 atom stereocenters. The van der Waals surface area contributed by atoms with E-state index in [0.717, 1.165) is 0 Å². The van der Waals surface area contributed by atoms with Gasteiger partial charge >= 0.3 is 5.97 Å². The fraction of sp³-hybridized carbons (Fsp3) is 0.500. The van der Waals surface area contributed by atoms with Crippen LogP contribution in [0.4, 0.5) is 0 Å². The van der Waals surface area contributed by atoms with Gasteiger partial charge in [0.15, 0.2) is 0 Å². The quantitative estimate of drug-likeness (QED) is 0.647. The van der Waals surface area contributed by atoms with Gasteiger partial charge in [-0.3, -0.25) is 4.79 Å². The van der Waals surface area contributed by atoms with E-state index in [-0.39, 0.29) is 28.2 Å². The SMILES string of the molecule is COC(=O)c1cc(S(=O)(=O)N2CSCC2C(=O)NCC(C)C)ccc1Br. The zero-order valence-electron chi connectivity index (χ0n) is 14.7. The fourth-order valence-corrected chi connectivity index (χ4v) is 5.94. The van der Waals surface area contributed by atoms with Gasteiger partial charge in [0.25, 0.3) is 0 Å². The first-order valence-corrected chi connectivity index (χ1v) is 11.3. The molecule has 1 aliphatic rings. The van der Waals surface area contributed by atoms with Gasteiger partial charge in [0.05, 0.1) is 23.4 Å². The van der Waals surface area contributed by atoms with Crippen LogP contribution in [0.15, 0.2) is 27.6 Å². The molecule has 144 valence electrons. The highest BCUT2D eigenvalue weighted by Crippen LogP contribution is 2.30. The number of carbonyl (C=O) groups is 2. The number of ether oxygens (including phenoxy) is 1. The number of hydrogen-bond donors (Lipinski definition) is 1. The van der Waals surface area contributed by atoms with E-state index in [2.05, 4.69) is 26.0 Å². The molecule has 1 heterocycles. The molecule has 0 saturated carbocycles. The standard InChI is InChI=1S/C16H21BrN2O5S2/c1-10(2)7-18-15(20)14-8-25-9-19(14)26(22,23)11-4-5-13(17)12(6-11)16(21)24-3/h4-6,10,14H,7-9H2,1-3H3,(H,18,20). The Hall–Kier alpha value is -1.10. The second kappa shape index (κ2) is 8.73. The lowest BCUT2D eigenvalue weighted by Crippen LogP contribution is -2.47. The van der Waals surface area contributed by atoms with Crippen LogP contribution in [0.5, 0.6) is 0 Å². The summed E-state index contributed by atoms with van der Waals surface area (Å²) in [7, 11) is -2.71. The number of nitrogens with zero attached hydrogens (tertiary/aromatic N) is 1. The molecule has 2 rings (SSSR count). The number of rotatable bonds is 6. The van der Waals surface area contributed by atoms with Gasteiger partial charge in [-0.2, -0.15) is 4.31 Å². The molecule has 0 spiro atoms. The maximum absolute atomic E-state index is 13.0. The van der Waals surface area contributed by atoms with Gasteiger partial charge in [0.2, 0.25) is 15.9 Å². The van der Waals surface area contributed by atoms with Crippen LogP contribution >= 0.6 is 27.7 Å². The van der Waals surface area contributed by atoms with Gasteiger partial charge in [0.1, 0.15) is 6.04 Å². The Kier molecular flexibility index (Phi) is 7.12. The summed E-state index contributed by atoms with van der Waals surface area (Å²) in [5.41, 5.74) is 0.112. The summed E-state index contributed by atoms with van der Waals surface area (Å²) in [6.45, 7) is 4.42. The van der Waals surface area contributed by atoms with Crippen LogP contribution in [0.25, 0.3) is 0 Å². The van der Waals surface area contributed by atoms with Crippen molar-refractivity contribution in [1.82, 2.24) is 9.62 Å². The number of benzene rings is 1. The molecule has 0 radical (unpaired) electrons. The van der Waals surface area contributed by atoms with E-state index in [1.54, 1.807) is 0 Å². The summed E-state index contributed by atoms with van der Waals surface area (Å²) in [5.74, 6) is -0.101. The lowest BCUT2D eigenvalue weighted by Gasteiger charge is -2.23. The minimum absolute atomic E-state index is 0.0507. The summed E-state index contributed by atoms with van der Waals surface area (Å²) in [5, 5.41) is 2.79. The summed E-state index contributed by atoms with van der Waals surface area (Å²) >= 11 is 4.59. The van der Waals surface area contributed by atoms with Crippen molar-refractivity contribution < 1.29 is 22.7 Å². The summed E-state index contributed by atoms with van der Waals surface area (Å²) < 4.78 is 32.3. The van der Waals surface area contributed by atoms with E-state index < -0.39 is 22.0 Å². The zero-order chi connectivity index (χ0) is 19.5. The summed E-state index contributed by atoms with van der Waals surface area (Å²) in [6.07, 6.45) is 0. The van der Waals surface area contributed by atoms with Gasteiger partial charge in [-0.15, -0.1) is 11.8 Å². The number of hydrogen-bond acceptors (Lipinski definition) is 6. The molecule has 0 aromatic heterocycles. The van der Waals surface area contributed by atoms with E-state index in [4.69, 9.17) is 0 Å². The Morgan fingerprint density at radius 2 is 2.12 bits per heavy atom. The predicted molar refractivity (Wildman–Crippen MR) is 103 cm³/mol. The molecule has 10 heteroatoms. The third kappa shape index (κ3) is 4.59. The van der Waals surface area contributed by atoms with Crippen LogP contribution < -0.4 is 5.32 Å². The minimum atomic E-state index is -3.93. The van der Waals surface area contributed by atoms with Crippen molar-refractivity contribution in [2.45, 2.75) is 24.8 Å². The van der Waals surface area contributed by atoms with Crippen LogP contribution in [-0.2, 0) is 19.6 Å². The van der Waals surface area contributed by atoms with Crippen molar-refractivity contribution >= 4 is 49.6 Å². The minimum Gasteiger partial charge on any atom is -0.465 e. The van der Waals surface area contributed by atoms with E-state index in [1.807, 2.05) is 13.8 Å². The van der Waals surface area contributed by atoms with Gasteiger partial charge < -0.3 is 10.1 Å². The lowest BCUT2D eigenvalue weighted by molar-refractivity contribution is -0.123. The molecular formula is C16H21BrN2O5S2. The maximum atomic E-state index is 13.0. The van der Waals surface area contributed by atoms with Crippen molar-refractivity contribution in [2.75, 3.05) is 25.3 Å². The largest absolute Gasteiger partial charge is 0.465 e. The van der Waals surface area contributed by atoms with Gasteiger partial charge in [-0.05, 0) is 40.0 Å². The summed E-state index contributed by atoms with van der Waals surface area (Å²) in [4.78, 5) is 24.2. The van der Waals surface area contributed by atoms with Gasteiger partial charge in [0, 0.05) is 16.8 Å². The number of carbonyl (C=O) groups excluding carboxylic acids is 2. The van der Waals surface area contributed by atoms with Crippen LogP contribution in [0, 0.1) is 5.92 Å². The number of sulfonamides is 1. The highest BCUT2D eigenvalue weighted by molar-refractivity contribution is 9.10. The monoisotopic (exact) mass is 464 g/mol. The predicted octanol–water partition coefficient (Wildman–Crippen LogP) is 2.07. The van der Waals surface area contributed by atoms with E-state index in [9.17, 15) is 18.0 Å². The number of nitrogens with one attached hydrogen (secondary N) is 1. The molecule has 1 N–H and O–H groups in total. The fourth-order valence-electron chi connectivity index (χ4n) is 2.36. The zero-order valence-corrected chi connectivity index (χ0v) is 17.9. The smallest absolute Gasteiger partial charge is 0.339 e. The Morgan fingerprint density at radius 3 is 2.73 bits per heavy atom. The molecule has 7 nitrogen and oxygen atoms in total. The molecule has 26 heavy (non-hydrogen) atoms. The van der Waals surface area contributed by atoms with Crippen molar-refractivity contribution in [2.24, 2.45) is 5.92 Å². The van der Waals surface area contributed by atoms with Crippen LogP contribution in [-0.4, -0.2) is 55.9 Å². The molecule has 1 saturated heterocycles. The first-order valence-electron chi connectivity index (χ1n) is 7.93. The third-order valence-electron chi connectivity index (χ3n) is 3.78. The van der Waals surface area contributed by atoms with Crippen molar-refractivity contribution in [3.63, 3.8) is 0 Å². The number of amides is 1. The summed E-state index contributed by atoms with van der Waals surface area (Å²) in [6, 6.07) is 3.37. The molecule has 1 aliphatic heterocycles. The number of halogens is 1. The van der Waals surface area contributed by atoms with Crippen LogP contribution in [0.2, 0.25) is 0 Å². The molecule has 1 fully saturated rings. The van der Waals surface area contributed by atoms with Crippen LogP contribution in [0.3, 0.4) is 0 Å². The Balaban J connectivity index is 2.31. The third-order valence-corrected chi connectivity index (χ3v) is 7.50. The number of esters is 1. The second-order valence-electron chi connectivity index (χ2n) is 6.18. The van der Waals surface area contributed by atoms with Gasteiger partial charge in [-0.25, -0.2) is 13.2 Å². The lowest BCUT2D eigenvalue weighted by atomic mass is 10.2. The Bertz CT molecular complexity index is 798. The van der Waals surface area contributed by atoms with Crippen molar-refractivity contribution in [3.8, 4) is 0 Å². The molecule has 1 unspecified atom stereocenters. The van der Waals surface area contributed by atoms with Crippen LogP contribution in [0.1, 0.15) is 24.2 Å². The average molecular weight is 465 g/mol. The normalized spacial score (nSPS) is 18.1. The van der Waals surface area contributed by atoms with E-state index in [0.29, 0.717) is 16.8 Å². The average Bonchev–Trinajstić information content (AvgIpc) is 3.09. The highest BCUT2D eigenvalue weighted by atomic mass is 79.9. The number of methoxy groups -OCH3 is 1. The van der Waals surface area contributed by atoms with Crippen molar-refractivity contribution in [1.29, 1.82) is 0 Å². The van der Waals surface area contributed by atoms with Crippen molar-refractivity contribution in [3.05, 3.63) is 28.2 Å². The molecule has 1 aromatic rings. The molecule has 1 amide bonds. The molecule has 1 aromatic carbocycles. The Labute approximate surface area is 166 Å². The van der Waals surface area contributed by atoms with Gasteiger partial charge in [-0.1, -0.05) is 13.8 Å². The Morgan fingerprint density at radius 1 is 1.42 bits per heavy atom. The van der Waals surface area contributed by atoms with E-state index in [1.165, 1.54) is 41.4 Å².